The predicted molar refractivity (Wildman–Crippen MR) is 83.8 cm³/mol. The monoisotopic (exact) mass is 304 g/mol. The highest BCUT2D eigenvalue weighted by Crippen LogP contribution is 2.32. The van der Waals surface area contributed by atoms with Crippen LogP contribution < -0.4 is 10.1 Å². The van der Waals surface area contributed by atoms with Crippen molar-refractivity contribution in [2.75, 3.05) is 11.9 Å². The molecule has 0 atom stereocenters. The lowest BCUT2D eigenvalue weighted by molar-refractivity contribution is 0.290. The third-order valence-corrected chi connectivity index (χ3v) is 4.31. The van der Waals surface area contributed by atoms with E-state index in [2.05, 4.69) is 20.3 Å². The van der Waals surface area contributed by atoms with Crippen LogP contribution in [0.4, 0.5) is 5.82 Å². The number of nitrogens with one attached hydrogen (secondary N) is 1. The molecule has 0 aliphatic heterocycles. The molecule has 21 heavy (non-hydrogen) atoms. The molecule has 2 aromatic heterocycles. The Morgan fingerprint density at radius 3 is 2.90 bits per heavy atom. The molecule has 0 radical (unpaired) electrons. The molecule has 0 bridgehead atoms. The maximum absolute atomic E-state index is 5.73. The van der Waals surface area contributed by atoms with E-state index in [-0.39, 0.29) is 0 Å². The first-order valence-electron chi connectivity index (χ1n) is 7.33. The first-order chi connectivity index (χ1) is 10.2. The second kappa shape index (κ2) is 6.39. The van der Waals surface area contributed by atoms with Crippen LogP contribution in [-0.4, -0.2) is 21.6 Å². The number of aromatic nitrogens is 3. The SMILES string of the molecule is Cc1nc(NCc2cnc(C)s2)cc(OCCC2CC2)n1. The van der Waals surface area contributed by atoms with Gasteiger partial charge in [0.25, 0.3) is 0 Å². The molecule has 3 rings (SSSR count). The van der Waals surface area contributed by atoms with Crippen molar-refractivity contribution in [3.05, 3.63) is 28.0 Å². The number of anilines is 1. The summed E-state index contributed by atoms with van der Waals surface area (Å²) in [6.45, 7) is 5.36. The van der Waals surface area contributed by atoms with Gasteiger partial charge in [0, 0.05) is 17.1 Å². The highest BCUT2D eigenvalue weighted by Gasteiger charge is 2.20. The number of hydrogen-bond acceptors (Lipinski definition) is 6. The average molecular weight is 304 g/mol. The largest absolute Gasteiger partial charge is 0.478 e. The van der Waals surface area contributed by atoms with Gasteiger partial charge in [-0.25, -0.2) is 9.97 Å². The summed E-state index contributed by atoms with van der Waals surface area (Å²) < 4.78 is 5.73. The standard InChI is InChI=1S/C15H20N4OS/c1-10-18-14(17-9-13-8-16-11(2)21-13)7-15(19-10)20-6-5-12-3-4-12/h7-8,12H,3-6,9H2,1-2H3,(H,17,18,19). The molecule has 0 spiro atoms. The van der Waals surface area contributed by atoms with Gasteiger partial charge in [-0.2, -0.15) is 4.98 Å². The fourth-order valence-corrected chi connectivity index (χ4v) is 2.84. The van der Waals surface area contributed by atoms with E-state index >= 15 is 0 Å². The number of rotatable bonds is 7. The summed E-state index contributed by atoms with van der Waals surface area (Å²) in [5.74, 6) is 3.06. The van der Waals surface area contributed by atoms with Crippen LogP contribution in [0.15, 0.2) is 12.3 Å². The van der Waals surface area contributed by atoms with Gasteiger partial charge in [0.1, 0.15) is 11.6 Å². The number of hydrogen-bond donors (Lipinski definition) is 1. The molecule has 2 aromatic rings. The van der Waals surface area contributed by atoms with Crippen molar-refractivity contribution >= 4 is 17.2 Å². The Balaban J connectivity index is 1.57. The van der Waals surface area contributed by atoms with E-state index in [9.17, 15) is 0 Å². The Kier molecular flexibility index (Phi) is 4.34. The van der Waals surface area contributed by atoms with Gasteiger partial charge in [-0.1, -0.05) is 12.8 Å². The van der Waals surface area contributed by atoms with Gasteiger partial charge in [0.05, 0.1) is 18.2 Å². The first-order valence-corrected chi connectivity index (χ1v) is 8.14. The predicted octanol–water partition coefficient (Wildman–Crippen LogP) is 3.34. The topological polar surface area (TPSA) is 59.9 Å². The second-order valence-corrected chi connectivity index (χ2v) is 6.74. The maximum Gasteiger partial charge on any atom is 0.218 e. The van der Waals surface area contributed by atoms with Crippen molar-refractivity contribution in [2.24, 2.45) is 5.92 Å². The number of thiazole rings is 1. The molecular formula is C15H20N4OS. The van der Waals surface area contributed by atoms with Gasteiger partial charge < -0.3 is 10.1 Å². The Labute approximate surface area is 128 Å². The van der Waals surface area contributed by atoms with Crippen LogP contribution >= 0.6 is 11.3 Å². The summed E-state index contributed by atoms with van der Waals surface area (Å²) >= 11 is 1.69. The lowest BCUT2D eigenvalue weighted by atomic mass is 10.3. The highest BCUT2D eigenvalue weighted by molar-refractivity contribution is 7.11. The minimum Gasteiger partial charge on any atom is -0.478 e. The Morgan fingerprint density at radius 2 is 2.19 bits per heavy atom. The van der Waals surface area contributed by atoms with E-state index in [1.807, 2.05) is 26.1 Å². The Hall–Kier alpha value is -1.69. The zero-order chi connectivity index (χ0) is 14.7. The van der Waals surface area contributed by atoms with E-state index in [0.717, 1.165) is 42.1 Å². The number of nitrogens with zero attached hydrogens (tertiary/aromatic N) is 3. The number of ether oxygens (including phenoxy) is 1. The fourth-order valence-electron chi connectivity index (χ4n) is 2.11. The van der Waals surface area contributed by atoms with E-state index < -0.39 is 0 Å². The van der Waals surface area contributed by atoms with Gasteiger partial charge in [0.15, 0.2) is 0 Å². The lowest BCUT2D eigenvalue weighted by Gasteiger charge is -2.09. The van der Waals surface area contributed by atoms with Gasteiger partial charge in [0.2, 0.25) is 5.88 Å². The molecule has 5 nitrogen and oxygen atoms in total. The molecule has 0 amide bonds. The molecule has 0 unspecified atom stereocenters. The summed E-state index contributed by atoms with van der Waals surface area (Å²) in [5.41, 5.74) is 0. The molecule has 6 heteroatoms. The Morgan fingerprint density at radius 1 is 1.33 bits per heavy atom. The summed E-state index contributed by atoms with van der Waals surface area (Å²) in [6.07, 6.45) is 5.74. The van der Waals surface area contributed by atoms with Gasteiger partial charge in [-0.3, -0.25) is 0 Å². The quantitative estimate of drug-likeness (QED) is 0.850. The molecule has 2 heterocycles. The molecule has 1 aliphatic carbocycles. The normalized spacial score (nSPS) is 14.2. The van der Waals surface area contributed by atoms with Crippen LogP contribution in [-0.2, 0) is 6.54 Å². The van der Waals surface area contributed by atoms with Crippen LogP contribution in [0, 0.1) is 19.8 Å². The van der Waals surface area contributed by atoms with Gasteiger partial charge in [-0.15, -0.1) is 11.3 Å². The average Bonchev–Trinajstić information content (AvgIpc) is 3.17. The fraction of sp³-hybridized carbons (Fsp3) is 0.533. The summed E-state index contributed by atoms with van der Waals surface area (Å²) in [4.78, 5) is 14.2. The zero-order valence-electron chi connectivity index (χ0n) is 12.4. The smallest absolute Gasteiger partial charge is 0.218 e. The van der Waals surface area contributed by atoms with Crippen molar-refractivity contribution in [3.63, 3.8) is 0 Å². The van der Waals surface area contributed by atoms with Crippen LogP contribution in [0.1, 0.15) is 35.0 Å². The van der Waals surface area contributed by atoms with E-state index in [1.165, 1.54) is 17.7 Å². The minimum atomic E-state index is 0.658. The van der Waals surface area contributed by atoms with Gasteiger partial charge >= 0.3 is 0 Å². The molecule has 112 valence electrons. The van der Waals surface area contributed by atoms with Crippen molar-refractivity contribution < 1.29 is 4.74 Å². The third-order valence-electron chi connectivity index (χ3n) is 3.40. The molecule has 0 saturated heterocycles. The summed E-state index contributed by atoms with van der Waals surface area (Å²) in [6, 6.07) is 1.87. The molecule has 1 fully saturated rings. The Bertz CT molecular complexity index is 609. The van der Waals surface area contributed by atoms with E-state index in [1.54, 1.807) is 11.3 Å². The zero-order valence-corrected chi connectivity index (χ0v) is 13.2. The molecule has 0 aromatic carbocycles. The molecular weight excluding hydrogens is 284 g/mol. The molecule has 1 N–H and O–H groups in total. The van der Waals surface area contributed by atoms with Crippen LogP contribution in [0.5, 0.6) is 5.88 Å². The molecule has 1 aliphatic rings. The minimum absolute atomic E-state index is 0.658. The maximum atomic E-state index is 5.73. The van der Waals surface area contributed by atoms with Crippen molar-refractivity contribution in [1.82, 2.24) is 15.0 Å². The lowest BCUT2D eigenvalue weighted by Crippen LogP contribution is -2.05. The highest BCUT2D eigenvalue weighted by atomic mass is 32.1. The summed E-state index contributed by atoms with van der Waals surface area (Å²) in [5, 5.41) is 4.38. The van der Waals surface area contributed by atoms with Crippen molar-refractivity contribution in [3.8, 4) is 5.88 Å². The van der Waals surface area contributed by atoms with Crippen molar-refractivity contribution in [2.45, 2.75) is 39.7 Å². The first kappa shape index (κ1) is 14.3. The van der Waals surface area contributed by atoms with Crippen molar-refractivity contribution in [1.29, 1.82) is 0 Å². The second-order valence-electron chi connectivity index (χ2n) is 5.42. The van der Waals surface area contributed by atoms with E-state index in [0.29, 0.717) is 5.88 Å². The third kappa shape index (κ3) is 4.39. The van der Waals surface area contributed by atoms with E-state index in [4.69, 9.17) is 4.74 Å². The van der Waals surface area contributed by atoms with Crippen LogP contribution in [0.3, 0.4) is 0 Å². The van der Waals surface area contributed by atoms with Crippen LogP contribution in [0.25, 0.3) is 0 Å². The van der Waals surface area contributed by atoms with Crippen LogP contribution in [0.2, 0.25) is 0 Å². The molecule has 1 saturated carbocycles. The van der Waals surface area contributed by atoms with Gasteiger partial charge in [-0.05, 0) is 26.2 Å². The summed E-state index contributed by atoms with van der Waals surface area (Å²) in [7, 11) is 0. The number of aryl methyl sites for hydroxylation is 2.